The third-order valence-corrected chi connectivity index (χ3v) is 3.33. The number of nitrogens with one attached hydrogen (secondary N) is 1. The van der Waals surface area contributed by atoms with Crippen LogP contribution in [0.2, 0.25) is 0 Å². The van der Waals surface area contributed by atoms with E-state index in [1.54, 1.807) is 12.1 Å². The molecule has 5 nitrogen and oxygen atoms in total. The number of aryl methyl sites for hydroxylation is 1. The molecule has 0 saturated heterocycles. The van der Waals surface area contributed by atoms with Gasteiger partial charge >= 0.3 is 0 Å². The van der Waals surface area contributed by atoms with Crippen LogP contribution in [-0.4, -0.2) is 28.7 Å². The molecular weight excluding hydrogens is 266 g/mol. The van der Waals surface area contributed by atoms with E-state index >= 15 is 0 Å². The molecule has 1 aromatic carbocycles. The van der Waals surface area contributed by atoms with E-state index in [0.717, 1.165) is 17.1 Å². The van der Waals surface area contributed by atoms with E-state index in [1.165, 1.54) is 0 Å². The van der Waals surface area contributed by atoms with E-state index in [9.17, 15) is 4.79 Å². The van der Waals surface area contributed by atoms with Crippen molar-refractivity contribution in [1.29, 1.82) is 5.26 Å². The van der Waals surface area contributed by atoms with E-state index in [4.69, 9.17) is 10.4 Å². The van der Waals surface area contributed by atoms with Crippen LogP contribution in [0.5, 0.6) is 0 Å². The Kier molecular flexibility index (Phi) is 4.41. The lowest BCUT2D eigenvalue weighted by Gasteiger charge is -2.10. The highest BCUT2D eigenvalue weighted by Gasteiger charge is 2.16. The molecule has 0 aliphatic rings. The van der Waals surface area contributed by atoms with Crippen molar-refractivity contribution in [3.05, 3.63) is 52.8 Å². The Morgan fingerprint density at radius 3 is 2.57 bits per heavy atom. The zero-order valence-electron chi connectivity index (χ0n) is 12.1. The summed E-state index contributed by atoms with van der Waals surface area (Å²) in [6.07, 6.45) is 0. The zero-order chi connectivity index (χ0) is 15.4. The normalized spacial score (nSPS) is 10.2. The molecule has 1 amide bonds. The van der Waals surface area contributed by atoms with E-state index in [1.807, 2.05) is 36.6 Å². The van der Waals surface area contributed by atoms with Gasteiger partial charge in [0.05, 0.1) is 23.8 Å². The fourth-order valence-electron chi connectivity index (χ4n) is 2.34. The van der Waals surface area contributed by atoms with Crippen molar-refractivity contribution in [3.63, 3.8) is 0 Å². The van der Waals surface area contributed by atoms with E-state index in [2.05, 4.69) is 11.4 Å². The second-order valence-corrected chi connectivity index (χ2v) is 4.76. The third-order valence-electron chi connectivity index (χ3n) is 3.33. The fourth-order valence-corrected chi connectivity index (χ4v) is 2.34. The van der Waals surface area contributed by atoms with Crippen LogP contribution in [0.3, 0.4) is 0 Å². The quantitative estimate of drug-likeness (QED) is 0.896. The summed E-state index contributed by atoms with van der Waals surface area (Å²) in [5, 5.41) is 20.3. The summed E-state index contributed by atoms with van der Waals surface area (Å²) >= 11 is 0. The minimum absolute atomic E-state index is 0.0832. The number of benzene rings is 1. The van der Waals surface area contributed by atoms with Crippen molar-refractivity contribution >= 4 is 5.91 Å². The van der Waals surface area contributed by atoms with Gasteiger partial charge in [-0.05, 0) is 44.2 Å². The van der Waals surface area contributed by atoms with Gasteiger partial charge in [0, 0.05) is 23.6 Å². The Morgan fingerprint density at radius 1 is 1.33 bits per heavy atom. The highest BCUT2D eigenvalue weighted by Crippen LogP contribution is 2.21. The third kappa shape index (κ3) is 2.96. The van der Waals surface area contributed by atoms with Crippen LogP contribution < -0.4 is 5.32 Å². The van der Waals surface area contributed by atoms with Crippen LogP contribution in [0.15, 0.2) is 30.3 Å². The summed E-state index contributed by atoms with van der Waals surface area (Å²) in [6, 6.07) is 11.1. The minimum atomic E-state index is -0.197. The number of hydrogen-bond acceptors (Lipinski definition) is 3. The number of nitriles is 1. The maximum atomic E-state index is 12.0. The minimum Gasteiger partial charge on any atom is -0.395 e. The van der Waals surface area contributed by atoms with Crippen LogP contribution in [0, 0.1) is 25.2 Å². The second kappa shape index (κ2) is 6.25. The molecule has 0 radical (unpaired) electrons. The first kappa shape index (κ1) is 14.8. The number of aromatic nitrogens is 1. The number of rotatable bonds is 4. The van der Waals surface area contributed by atoms with Crippen LogP contribution in [-0.2, 0) is 0 Å². The van der Waals surface area contributed by atoms with E-state index in [-0.39, 0.29) is 19.1 Å². The predicted octanol–water partition coefficient (Wildman–Crippen LogP) is 1.69. The fraction of sp³-hybridized carbons (Fsp3) is 0.250. The van der Waals surface area contributed by atoms with Gasteiger partial charge in [0.25, 0.3) is 5.91 Å². The molecule has 21 heavy (non-hydrogen) atoms. The van der Waals surface area contributed by atoms with Crippen molar-refractivity contribution in [3.8, 4) is 11.8 Å². The summed E-state index contributed by atoms with van der Waals surface area (Å²) in [4.78, 5) is 12.0. The average molecular weight is 283 g/mol. The number of amides is 1. The van der Waals surface area contributed by atoms with Crippen molar-refractivity contribution < 1.29 is 9.90 Å². The molecule has 2 N–H and O–H groups in total. The highest BCUT2D eigenvalue weighted by molar-refractivity contribution is 5.95. The molecule has 5 heteroatoms. The number of carbonyl (C=O) groups is 1. The Balaban J connectivity index is 2.39. The zero-order valence-corrected chi connectivity index (χ0v) is 12.1. The van der Waals surface area contributed by atoms with Crippen LogP contribution in [0.1, 0.15) is 27.3 Å². The first-order valence-corrected chi connectivity index (χ1v) is 6.67. The number of aliphatic hydroxyl groups excluding tert-OH is 1. The summed E-state index contributed by atoms with van der Waals surface area (Å²) in [5.74, 6) is -0.197. The molecule has 0 aliphatic carbocycles. The van der Waals surface area contributed by atoms with Gasteiger partial charge in [0.2, 0.25) is 0 Å². The molecular formula is C16H17N3O2. The van der Waals surface area contributed by atoms with Gasteiger partial charge in [0.15, 0.2) is 0 Å². The van der Waals surface area contributed by atoms with Gasteiger partial charge in [-0.25, -0.2) is 0 Å². The Bertz CT molecular complexity index is 694. The largest absolute Gasteiger partial charge is 0.395 e. The van der Waals surface area contributed by atoms with Crippen LogP contribution in [0.25, 0.3) is 5.69 Å². The van der Waals surface area contributed by atoms with Gasteiger partial charge in [-0.3, -0.25) is 4.79 Å². The van der Waals surface area contributed by atoms with Gasteiger partial charge in [0.1, 0.15) is 0 Å². The Morgan fingerprint density at radius 2 is 2.00 bits per heavy atom. The van der Waals surface area contributed by atoms with Crippen molar-refractivity contribution in [2.24, 2.45) is 0 Å². The monoisotopic (exact) mass is 283 g/mol. The number of aliphatic hydroxyl groups is 1. The highest BCUT2D eigenvalue weighted by atomic mass is 16.3. The number of nitrogens with zero attached hydrogens (tertiary/aromatic N) is 2. The molecule has 1 aromatic heterocycles. The predicted molar refractivity (Wildman–Crippen MR) is 79.4 cm³/mol. The second-order valence-electron chi connectivity index (χ2n) is 4.76. The van der Waals surface area contributed by atoms with Crippen LogP contribution in [0.4, 0.5) is 0 Å². The van der Waals surface area contributed by atoms with Crippen molar-refractivity contribution in [1.82, 2.24) is 9.88 Å². The maximum Gasteiger partial charge on any atom is 0.253 e. The SMILES string of the molecule is Cc1cc(C(=O)NCCO)c(C)n1-c1ccc(C#N)cc1. The maximum absolute atomic E-state index is 12.0. The van der Waals surface area contributed by atoms with Gasteiger partial charge in [-0.15, -0.1) is 0 Å². The van der Waals surface area contributed by atoms with Crippen molar-refractivity contribution in [2.75, 3.05) is 13.2 Å². The first-order chi connectivity index (χ1) is 10.1. The Labute approximate surface area is 123 Å². The molecule has 0 fully saturated rings. The van der Waals surface area contributed by atoms with Crippen LogP contribution >= 0.6 is 0 Å². The molecule has 2 aromatic rings. The first-order valence-electron chi connectivity index (χ1n) is 6.67. The summed E-state index contributed by atoms with van der Waals surface area (Å²) < 4.78 is 1.97. The molecule has 108 valence electrons. The van der Waals surface area contributed by atoms with E-state index < -0.39 is 0 Å². The molecule has 0 aliphatic heterocycles. The molecule has 0 unspecified atom stereocenters. The smallest absolute Gasteiger partial charge is 0.253 e. The topological polar surface area (TPSA) is 78.0 Å². The molecule has 0 saturated carbocycles. The van der Waals surface area contributed by atoms with Gasteiger partial charge in [-0.1, -0.05) is 0 Å². The van der Waals surface area contributed by atoms with E-state index in [0.29, 0.717) is 11.1 Å². The van der Waals surface area contributed by atoms with Crippen molar-refractivity contribution in [2.45, 2.75) is 13.8 Å². The lowest BCUT2D eigenvalue weighted by atomic mass is 10.2. The molecule has 0 spiro atoms. The summed E-state index contributed by atoms with van der Waals surface area (Å²) in [5.41, 5.74) is 3.86. The molecule has 2 rings (SSSR count). The number of hydrogen-bond donors (Lipinski definition) is 2. The molecule has 1 heterocycles. The van der Waals surface area contributed by atoms with Gasteiger partial charge in [-0.2, -0.15) is 5.26 Å². The number of carbonyl (C=O) groups excluding carboxylic acids is 1. The average Bonchev–Trinajstić information content (AvgIpc) is 2.80. The molecule has 0 atom stereocenters. The summed E-state index contributed by atoms with van der Waals surface area (Å²) in [7, 11) is 0. The lowest BCUT2D eigenvalue weighted by Crippen LogP contribution is -2.26. The molecule has 0 bridgehead atoms. The lowest BCUT2D eigenvalue weighted by molar-refractivity contribution is 0.0944. The standard InChI is InChI=1S/C16H17N3O2/c1-11-9-15(16(21)18-7-8-20)12(2)19(11)14-5-3-13(10-17)4-6-14/h3-6,9,20H,7-8H2,1-2H3,(H,18,21). The van der Waals surface area contributed by atoms with Gasteiger partial charge < -0.3 is 15.0 Å². The Hall–Kier alpha value is -2.58. The summed E-state index contributed by atoms with van der Waals surface area (Å²) in [6.45, 7) is 3.95.